The van der Waals surface area contributed by atoms with Crippen LogP contribution in [0, 0.1) is 11.6 Å². The summed E-state index contributed by atoms with van der Waals surface area (Å²) in [6.07, 6.45) is -3.74. The number of hydrogen-bond acceptors (Lipinski definition) is 5. The van der Waals surface area contributed by atoms with Crippen molar-refractivity contribution in [3.8, 4) is 5.75 Å². The van der Waals surface area contributed by atoms with Gasteiger partial charge in [0, 0.05) is 18.4 Å². The van der Waals surface area contributed by atoms with Gasteiger partial charge in [-0.05, 0) is 49.2 Å². The second-order valence-electron chi connectivity index (χ2n) is 7.55. The minimum Gasteiger partial charge on any atom is -0.506 e. The first-order valence-corrected chi connectivity index (χ1v) is 9.81. The molecule has 172 valence electrons. The Morgan fingerprint density at radius 3 is 2.55 bits per heavy atom. The number of aromatic hydroxyl groups is 1. The maximum Gasteiger partial charge on any atom is 0.434 e. The van der Waals surface area contributed by atoms with E-state index in [0.717, 1.165) is 23.2 Å². The highest BCUT2D eigenvalue weighted by Crippen LogP contribution is 2.41. The molecule has 0 aliphatic carbocycles. The first kappa shape index (κ1) is 22.4. The number of alkyl halides is 3. The zero-order valence-electron chi connectivity index (χ0n) is 17.1. The number of nitrogens with one attached hydrogen (secondary N) is 1. The lowest BCUT2D eigenvalue weighted by Crippen LogP contribution is -2.49. The van der Waals surface area contributed by atoms with Gasteiger partial charge in [0.25, 0.3) is 5.91 Å². The van der Waals surface area contributed by atoms with Crippen molar-refractivity contribution in [1.29, 1.82) is 0 Å². The van der Waals surface area contributed by atoms with Gasteiger partial charge in [-0.2, -0.15) is 13.2 Å². The molecule has 11 heteroatoms. The quantitative estimate of drug-likeness (QED) is 0.549. The fraction of sp³-hybridized carbons (Fsp3) is 0.227. The molecular weight excluding hydrogens is 447 g/mol. The zero-order valence-corrected chi connectivity index (χ0v) is 17.1. The Morgan fingerprint density at radius 2 is 1.88 bits per heavy atom. The molecule has 1 aromatic carbocycles. The van der Waals surface area contributed by atoms with Crippen molar-refractivity contribution in [3.05, 3.63) is 82.9 Å². The molecule has 0 bridgehead atoms. The van der Waals surface area contributed by atoms with Crippen LogP contribution in [0.3, 0.4) is 0 Å². The predicted molar refractivity (Wildman–Crippen MR) is 107 cm³/mol. The van der Waals surface area contributed by atoms with E-state index in [0.29, 0.717) is 5.56 Å². The van der Waals surface area contributed by atoms with Gasteiger partial charge in [0.1, 0.15) is 17.6 Å². The van der Waals surface area contributed by atoms with Crippen LogP contribution in [0.15, 0.2) is 48.8 Å². The summed E-state index contributed by atoms with van der Waals surface area (Å²) in [7, 11) is 0. The summed E-state index contributed by atoms with van der Waals surface area (Å²) in [5.74, 6) is -3.40. The van der Waals surface area contributed by atoms with Gasteiger partial charge in [-0.15, -0.1) is 0 Å². The summed E-state index contributed by atoms with van der Waals surface area (Å²) in [6.45, 7) is 1.54. The Hall–Kier alpha value is -3.76. The fourth-order valence-corrected chi connectivity index (χ4v) is 3.86. The van der Waals surface area contributed by atoms with Crippen LogP contribution in [-0.2, 0) is 12.6 Å². The van der Waals surface area contributed by atoms with E-state index in [2.05, 4.69) is 15.3 Å². The highest BCUT2D eigenvalue weighted by Gasteiger charge is 2.45. The number of amides is 1. The lowest BCUT2D eigenvalue weighted by molar-refractivity contribution is -0.141. The summed E-state index contributed by atoms with van der Waals surface area (Å²) >= 11 is 0. The topological polar surface area (TPSA) is 78.4 Å². The SMILES string of the molecule is CC(Cc1ccc(F)c(F)c1)N1C(=O)c2c(ccnc2C(F)(F)F)NC1c1ncccc1O. The Labute approximate surface area is 184 Å². The number of carbonyl (C=O) groups excluding carboxylic acids is 1. The van der Waals surface area contributed by atoms with Crippen molar-refractivity contribution >= 4 is 11.6 Å². The average molecular weight is 464 g/mol. The van der Waals surface area contributed by atoms with E-state index < -0.39 is 47.2 Å². The van der Waals surface area contributed by atoms with E-state index in [4.69, 9.17) is 0 Å². The number of hydrogen-bond donors (Lipinski definition) is 2. The third-order valence-electron chi connectivity index (χ3n) is 5.30. The first-order valence-electron chi connectivity index (χ1n) is 9.81. The van der Waals surface area contributed by atoms with Crippen LogP contribution in [0.4, 0.5) is 27.6 Å². The number of aromatic nitrogens is 2. The molecule has 0 fully saturated rings. The molecule has 0 saturated heterocycles. The number of fused-ring (bicyclic) bond motifs is 1. The maximum atomic E-state index is 13.7. The van der Waals surface area contributed by atoms with E-state index in [1.165, 1.54) is 30.5 Å². The molecule has 3 aromatic rings. The fourth-order valence-electron chi connectivity index (χ4n) is 3.86. The molecular formula is C22H17F5N4O2. The average Bonchev–Trinajstić information content (AvgIpc) is 2.75. The molecule has 2 atom stereocenters. The Bertz CT molecular complexity index is 1220. The Morgan fingerprint density at radius 1 is 1.12 bits per heavy atom. The van der Waals surface area contributed by atoms with E-state index >= 15 is 0 Å². The molecule has 2 N–H and O–H groups in total. The molecule has 6 nitrogen and oxygen atoms in total. The molecule has 1 amide bonds. The van der Waals surface area contributed by atoms with Crippen LogP contribution in [-0.4, -0.2) is 31.9 Å². The van der Waals surface area contributed by atoms with Crippen LogP contribution < -0.4 is 5.32 Å². The van der Waals surface area contributed by atoms with E-state index in [9.17, 15) is 31.9 Å². The number of rotatable bonds is 4. The van der Waals surface area contributed by atoms with Crippen molar-refractivity contribution < 1.29 is 31.9 Å². The molecule has 3 heterocycles. The largest absolute Gasteiger partial charge is 0.506 e. The molecule has 1 aliphatic rings. The van der Waals surface area contributed by atoms with Crippen LogP contribution in [0.1, 0.15) is 40.4 Å². The zero-order chi connectivity index (χ0) is 23.9. The summed E-state index contributed by atoms with van der Waals surface area (Å²) in [5, 5.41) is 13.2. The number of halogens is 5. The minimum atomic E-state index is -4.89. The molecule has 0 spiro atoms. The number of benzene rings is 1. The second-order valence-corrected chi connectivity index (χ2v) is 7.55. The van der Waals surface area contributed by atoms with Gasteiger partial charge in [0.05, 0.1) is 11.3 Å². The van der Waals surface area contributed by atoms with Crippen molar-refractivity contribution in [3.63, 3.8) is 0 Å². The minimum absolute atomic E-state index is 0.00827. The summed E-state index contributed by atoms with van der Waals surface area (Å²) in [6, 6.07) is 6.41. The summed E-state index contributed by atoms with van der Waals surface area (Å²) in [5.41, 5.74) is -1.81. The van der Waals surface area contributed by atoms with Gasteiger partial charge in [-0.25, -0.2) is 8.78 Å². The molecule has 2 aromatic heterocycles. The lowest BCUT2D eigenvalue weighted by Gasteiger charge is -2.41. The monoisotopic (exact) mass is 464 g/mol. The molecule has 1 aliphatic heterocycles. The molecule has 0 radical (unpaired) electrons. The normalized spacial score (nSPS) is 16.8. The van der Waals surface area contributed by atoms with E-state index in [1.807, 2.05) is 0 Å². The van der Waals surface area contributed by atoms with Crippen molar-refractivity contribution in [2.75, 3.05) is 5.32 Å². The maximum absolute atomic E-state index is 13.7. The van der Waals surface area contributed by atoms with Gasteiger partial charge in [-0.1, -0.05) is 6.07 Å². The third-order valence-corrected chi connectivity index (χ3v) is 5.30. The van der Waals surface area contributed by atoms with Crippen LogP contribution in [0.25, 0.3) is 0 Å². The molecule has 33 heavy (non-hydrogen) atoms. The van der Waals surface area contributed by atoms with Gasteiger partial charge in [0.15, 0.2) is 17.3 Å². The molecule has 2 unspecified atom stereocenters. The predicted octanol–water partition coefficient (Wildman–Crippen LogP) is 4.68. The van der Waals surface area contributed by atoms with Gasteiger partial charge in [-0.3, -0.25) is 14.8 Å². The highest BCUT2D eigenvalue weighted by molar-refractivity contribution is 6.03. The van der Waals surface area contributed by atoms with Crippen LogP contribution in [0.5, 0.6) is 5.75 Å². The lowest BCUT2D eigenvalue weighted by atomic mass is 9.99. The summed E-state index contributed by atoms with van der Waals surface area (Å²) < 4.78 is 67.8. The highest BCUT2D eigenvalue weighted by atomic mass is 19.4. The van der Waals surface area contributed by atoms with Gasteiger partial charge < -0.3 is 15.3 Å². The molecule has 4 rings (SSSR count). The smallest absolute Gasteiger partial charge is 0.434 e. The van der Waals surface area contributed by atoms with Crippen LogP contribution >= 0.6 is 0 Å². The first-order chi connectivity index (χ1) is 15.6. The van der Waals surface area contributed by atoms with Crippen molar-refractivity contribution in [2.24, 2.45) is 0 Å². The second kappa shape index (κ2) is 8.30. The summed E-state index contributed by atoms with van der Waals surface area (Å²) in [4.78, 5) is 22.0. The van der Waals surface area contributed by atoms with Crippen molar-refractivity contribution in [2.45, 2.75) is 31.7 Å². The standard InChI is InChI=1S/C22H17F5N4O2/c1-11(9-12-4-5-13(23)14(24)10-12)31-20(18-16(32)3-2-7-28-18)30-15-6-8-29-19(22(25,26)27)17(15)21(31)33/h2-8,10-11,20,30,32H,9H2,1H3. The number of anilines is 1. The Balaban J connectivity index is 1.81. The molecule has 0 saturated carbocycles. The van der Waals surface area contributed by atoms with Gasteiger partial charge in [0.2, 0.25) is 0 Å². The van der Waals surface area contributed by atoms with Crippen molar-refractivity contribution in [1.82, 2.24) is 14.9 Å². The number of pyridine rings is 2. The van der Waals surface area contributed by atoms with Gasteiger partial charge >= 0.3 is 6.18 Å². The van der Waals surface area contributed by atoms with E-state index in [-0.39, 0.29) is 23.6 Å². The number of nitrogens with zero attached hydrogens (tertiary/aromatic N) is 3. The Kier molecular flexibility index (Phi) is 5.64. The van der Waals surface area contributed by atoms with E-state index in [1.54, 1.807) is 6.92 Å². The number of carbonyl (C=O) groups is 1. The third kappa shape index (κ3) is 4.18. The van der Waals surface area contributed by atoms with Crippen LogP contribution in [0.2, 0.25) is 0 Å².